The van der Waals surface area contributed by atoms with Gasteiger partial charge in [0.05, 0.1) is 11.4 Å². The molecule has 0 aliphatic carbocycles. The quantitative estimate of drug-likeness (QED) is 0.761. The van der Waals surface area contributed by atoms with Crippen molar-refractivity contribution in [1.82, 2.24) is 4.98 Å². The first kappa shape index (κ1) is 14.9. The van der Waals surface area contributed by atoms with Crippen LogP contribution in [-0.2, 0) is 11.2 Å². The second kappa shape index (κ2) is 6.09. The molecular weight excluding hydrogens is 328 g/mol. The van der Waals surface area contributed by atoms with Crippen LogP contribution in [0.1, 0.15) is 5.56 Å². The van der Waals surface area contributed by atoms with Gasteiger partial charge in [0, 0.05) is 28.9 Å². The first-order valence-corrected chi connectivity index (χ1v) is 8.02. The van der Waals surface area contributed by atoms with Gasteiger partial charge in [0.1, 0.15) is 13.2 Å². The summed E-state index contributed by atoms with van der Waals surface area (Å²) in [7, 11) is 0. The van der Waals surface area contributed by atoms with Crippen LogP contribution >= 0.6 is 11.6 Å². The molecule has 1 amide bonds. The second-order valence-corrected chi connectivity index (χ2v) is 5.97. The van der Waals surface area contributed by atoms with Crippen LogP contribution in [0.5, 0.6) is 11.5 Å². The van der Waals surface area contributed by atoms with E-state index >= 15 is 0 Å². The van der Waals surface area contributed by atoms with Gasteiger partial charge >= 0.3 is 0 Å². The number of hydrogen-bond donors (Lipinski definition) is 2. The third-order valence-electron chi connectivity index (χ3n) is 3.91. The van der Waals surface area contributed by atoms with Gasteiger partial charge in [0.25, 0.3) is 0 Å². The summed E-state index contributed by atoms with van der Waals surface area (Å²) in [5.41, 5.74) is 2.46. The number of hydrogen-bond acceptors (Lipinski definition) is 3. The minimum Gasteiger partial charge on any atom is -0.486 e. The first-order valence-electron chi connectivity index (χ1n) is 7.65. The van der Waals surface area contributed by atoms with Crippen LogP contribution in [0.2, 0.25) is 5.02 Å². The first-order chi connectivity index (χ1) is 11.7. The second-order valence-electron chi connectivity index (χ2n) is 5.56. The number of aromatic nitrogens is 1. The van der Waals surface area contributed by atoms with Crippen LogP contribution in [0, 0.1) is 0 Å². The van der Waals surface area contributed by atoms with Crippen molar-refractivity contribution in [3.05, 3.63) is 53.2 Å². The number of amides is 1. The Bertz CT molecular complexity index is 920. The van der Waals surface area contributed by atoms with E-state index in [-0.39, 0.29) is 12.3 Å². The van der Waals surface area contributed by atoms with Crippen molar-refractivity contribution in [1.29, 1.82) is 0 Å². The third kappa shape index (κ3) is 2.78. The number of fused-ring (bicyclic) bond motifs is 2. The summed E-state index contributed by atoms with van der Waals surface area (Å²) < 4.78 is 11.0. The minimum atomic E-state index is -0.118. The molecule has 5 nitrogen and oxygen atoms in total. The molecule has 2 N–H and O–H groups in total. The number of aromatic amines is 1. The Hall–Kier alpha value is -2.66. The highest BCUT2D eigenvalue weighted by atomic mass is 35.5. The van der Waals surface area contributed by atoms with Gasteiger partial charge in [-0.2, -0.15) is 0 Å². The van der Waals surface area contributed by atoms with Gasteiger partial charge < -0.3 is 19.8 Å². The van der Waals surface area contributed by atoms with Crippen LogP contribution in [0.3, 0.4) is 0 Å². The van der Waals surface area contributed by atoms with Crippen molar-refractivity contribution in [2.45, 2.75) is 6.42 Å². The number of anilines is 1. The summed E-state index contributed by atoms with van der Waals surface area (Å²) in [5.74, 6) is 1.23. The van der Waals surface area contributed by atoms with E-state index in [0.29, 0.717) is 35.4 Å². The van der Waals surface area contributed by atoms with Gasteiger partial charge in [0.15, 0.2) is 11.5 Å². The number of carbonyl (C=O) groups excluding carboxylic acids is 1. The molecular formula is C18H15ClN2O3. The summed E-state index contributed by atoms with van der Waals surface area (Å²) in [4.78, 5) is 15.5. The molecule has 0 saturated carbocycles. The molecule has 0 radical (unpaired) electrons. The van der Waals surface area contributed by atoms with E-state index in [1.165, 1.54) is 0 Å². The molecule has 0 saturated heterocycles. The van der Waals surface area contributed by atoms with E-state index in [0.717, 1.165) is 16.5 Å². The maximum atomic E-state index is 12.4. The Morgan fingerprint density at radius 2 is 2.00 bits per heavy atom. The molecule has 24 heavy (non-hydrogen) atoms. The number of nitrogens with one attached hydrogen (secondary N) is 2. The molecule has 0 fully saturated rings. The predicted octanol–water partition coefficient (Wildman–Crippen LogP) is 3.77. The lowest BCUT2D eigenvalue weighted by Crippen LogP contribution is -2.17. The highest BCUT2D eigenvalue weighted by molar-refractivity contribution is 6.35. The highest BCUT2D eigenvalue weighted by Gasteiger charge is 2.14. The fourth-order valence-electron chi connectivity index (χ4n) is 2.85. The lowest BCUT2D eigenvalue weighted by atomic mass is 10.1. The van der Waals surface area contributed by atoms with E-state index in [9.17, 15) is 4.79 Å². The fourth-order valence-corrected chi connectivity index (χ4v) is 3.14. The molecule has 0 bridgehead atoms. The van der Waals surface area contributed by atoms with Crippen molar-refractivity contribution in [3.63, 3.8) is 0 Å². The zero-order valence-electron chi connectivity index (χ0n) is 12.8. The van der Waals surface area contributed by atoms with Crippen molar-refractivity contribution in [2.75, 3.05) is 18.5 Å². The van der Waals surface area contributed by atoms with Gasteiger partial charge in [0.2, 0.25) is 5.91 Å². The zero-order valence-corrected chi connectivity index (χ0v) is 13.5. The molecule has 3 aromatic rings. The maximum absolute atomic E-state index is 12.4. The molecule has 1 aliphatic heterocycles. The Morgan fingerprint density at radius 1 is 1.17 bits per heavy atom. The molecule has 0 unspecified atom stereocenters. The molecule has 122 valence electrons. The van der Waals surface area contributed by atoms with E-state index in [1.807, 2.05) is 24.4 Å². The smallest absolute Gasteiger partial charge is 0.228 e. The molecule has 0 atom stereocenters. The van der Waals surface area contributed by atoms with Gasteiger partial charge in [-0.15, -0.1) is 0 Å². The van der Waals surface area contributed by atoms with Crippen LogP contribution in [0.25, 0.3) is 10.9 Å². The summed E-state index contributed by atoms with van der Waals surface area (Å²) in [5, 5.41) is 4.40. The van der Waals surface area contributed by atoms with Crippen molar-refractivity contribution < 1.29 is 14.3 Å². The van der Waals surface area contributed by atoms with Crippen molar-refractivity contribution in [2.24, 2.45) is 0 Å². The highest BCUT2D eigenvalue weighted by Crippen LogP contribution is 2.33. The van der Waals surface area contributed by atoms with Gasteiger partial charge in [-0.3, -0.25) is 4.79 Å². The fraction of sp³-hybridized carbons (Fsp3) is 0.167. The number of H-pyrrole nitrogens is 1. The Balaban J connectivity index is 1.52. The Morgan fingerprint density at radius 3 is 2.88 bits per heavy atom. The summed E-state index contributed by atoms with van der Waals surface area (Å²) >= 11 is 6.24. The molecule has 1 aliphatic rings. The Kier molecular flexibility index (Phi) is 3.78. The lowest BCUT2D eigenvalue weighted by Gasteiger charge is -2.19. The van der Waals surface area contributed by atoms with E-state index in [2.05, 4.69) is 10.3 Å². The van der Waals surface area contributed by atoms with Gasteiger partial charge in [-0.1, -0.05) is 17.7 Å². The number of benzene rings is 2. The molecule has 4 rings (SSSR count). The Labute approximate surface area is 143 Å². The number of rotatable bonds is 3. The molecule has 6 heteroatoms. The molecule has 0 spiro atoms. The van der Waals surface area contributed by atoms with Crippen LogP contribution in [-0.4, -0.2) is 24.1 Å². The molecule has 2 aromatic carbocycles. The van der Waals surface area contributed by atoms with Crippen molar-refractivity contribution >= 4 is 34.1 Å². The summed E-state index contributed by atoms with van der Waals surface area (Å²) in [6.07, 6.45) is 2.05. The largest absolute Gasteiger partial charge is 0.486 e. The summed E-state index contributed by atoms with van der Waals surface area (Å²) in [6, 6.07) is 11.0. The lowest BCUT2D eigenvalue weighted by molar-refractivity contribution is -0.115. The standard InChI is InChI=1S/C18H15ClN2O3/c19-13-2-1-3-14-18(13)11(10-20-14)8-17(22)21-12-4-5-15-16(9-12)24-7-6-23-15/h1-5,9-10,20H,6-8H2,(H,21,22). The zero-order chi connectivity index (χ0) is 16.5. The topological polar surface area (TPSA) is 63.4 Å². The number of halogens is 1. The van der Waals surface area contributed by atoms with E-state index < -0.39 is 0 Å². The number of carbonyl (C=O) groups is 1. The van der Waals surface area contributed by atoms with Gasteiger partial charge in [-0.25, -0.2) is 0 Å². The van der Waals surface area contributed by atoms with E-state index in [4.69, 9.17) is 21.1 Å². The third-order valence-corrected chi connectivity index (χ3v) is 4.23. The number of ether oxygens (including phenoxy) is 2. The minimum absolute atomic E-state index is 0.118. The average Bonchev–Trinajstić information content (AvgIpc) is 2.99. The monoisotopic (exact) mass is 342 g/mol. The SMILES string of the molecule is O=C(Cc1c[nH]c2cccc(Cl)c12)Nc1ccc2c(c1)OCCO2. The summed E-state index contributed by atoms with van der Waals surface area (Å²) in [6.45, 7) is 1.05. The van der Waals surface area contributed by atoms with Crippen LogP contribution in [0.4, 0.5) is 5.69 Å². The van der Waals surface area contributed by atoms with Crippen LogP contribution < -0.4 is 14.8 Å². The normalized spacial score (nSPS) is 13.0. The van der Waals surface area contributed by atoms with Crippen LogP contribution in [0.15, 0.2) is 42.6 Å². The maximum Gasteiger partial charge on any atom is 0.228 e. The molecule has 2 heterocycles. The van der Waals surface area contributed by atoms with Gasteiger partial charge in [-0.05, 0) is 29.8 Å². The average molecular weight is 343 g/mol. The van der Waals surface area contributed by atoms with E-state index in [1.54, 1.807) is 18.2 Å². The predicted molar refractivity (Wildman–Crippen MR) is 93.1 cm³/mol. The molecule has 1 aromatic heterocycles. The van der Waals surface area contributed by atoms with Crippen molar-refractivity contribution in [3.8, 4) is 11.5 Å².